The van der Waals surface area contributed by atoms with Crippen molar-refractivity contribution in [1.82, 2.24) is 4.90 Å². The van der Waals surface area contributed by atoms with E-state index in [1.807, 2.05) is 78.7 Å². The molecule has 4 N–H and O–H groups in total. The Morgan fingerprint density at radius 3 is 2.33 bits per heavy atom. The van der Waals surface area contributed by atoms with E-state index in [1.54, 1.807) is 36.4 Å². The van der Waals surface area contributed by atoms with E-state index < -0.39 is 12.4 Å². The number of nitrogens with one attached hydrogen (secondary N) is 1. The largest absolute Gasteiger partial charge is 0.508 e. The number of rotatable bonds is 10. The molecule has 1 amide bonds. The van der Waals surface area contributed by atoms with Gasteiger partial charge >= 0.3 is 0 Å². The van der Waals surface area contributed by atoms with Crippen LogP contribution in [0.5, 0.6) is 5.75 Å². The summed E-state index contributed by atoms with van der Waals surface area (Å²) in [5.41, 5.74) is 4.52. The number of phenolic OH excluding ortho intramolecular Hbond substituents is 1. The number of aliphatic hydroxyl groups is 2. The van der Waals surface area contributed by atoms with Gasteiger partial charge in [0.15, 0.2) is 6.29 Å². The van der Waals surface area contributed by atoms with Crippen molar-refractivity contribution in [1.29, 1.82) is 0 Å². The number of ether oxygens (including phenoxy) is 2. The molecule has 0 radical (unpaired) electrons. The summed E-state index contributed by atoms with van der Waals surface area (Å²) in [5, 5.41) is 32.9. The highest BCUT2D eigenvalue weighted by atomic mass is 16.7. The maximum absolute atomic E-state index is 12.6. The number of amides is 1. The van der Waals surface area contributed by atoms with Crippen molar-refractivity contribution in [2.75, 3.05) is 25.5 Å². The van der Waals surface area contributed by atoms with Gasteiger partial charge in [-0.25, -0.2) is 0 Å². The van der Waals surface area contributed by atoms with Crippen molar-refractivity contribution in [3.63, 3.8) is 0 Å². The minimum absolute atomic E-state index is 0.0281. The van der Waals surface area contributed by atoms with Gasteiger partial charge in [-0.1, -0.05) is 66.7 Å². The van der Waals surface area contributed by atoms with E-state index in [0.29, 0.717) is 36.3 Å². The van der Waals surface area contributed by atoms with Gasteiger partial charge in [0, 0.05) is 36.3 Å². The van der Waals surface area contributed by atoms with Crippen LogP contribution in [-0.2, 0) is 16.1 Å². The maximum atomic E-state index is 12.6. The second-order valence-electron chi connectivity index (χ2n) is 10.6. The number of benzene rings is 4. The lowest BCUT2D eigenvalue weighted by atomic mass is 9.99. The molecule has 4 atom stereocenters. The lowest BCUT2D eigenvalue weighted by Crippen LogP contribution is -2.39. The molecule has 0 aromatic heterocycles. The number of carbonyl (C=O) groups is 1. The van der Waals surface area contributed by atoms with Gasteiger partial charge in [-0.3, -0.25) is 4.79 Å². The molecule has 1 fully saturated rings. The minimum atomic E-state index is -0.766. The van der Waals surface area contributed by atoms with Gasteiger partial charge in [-0.2, -0.15) is 0 Å². The summed E-state index contributed by atoms with van der Waals surface area (Å²) in [6, 6.07) is 30.8. The average molecular weight is 569 g/mol. The van der Waals surface area contributed by atoms with Crippen molar-refractivity contribution in [3.8, 4) is 5.75 Å². The van der Waals surface area contributed by atoms with Gasteiger partial charge in [0.05, 0.1) is 24.9 Å². The van der Waals surface area contributed by atoms with Crippen LogP contribution in [0.4, 0.5) is 5.69 Å². The Kier molecular flexibility index (Phi) is 9.63. The molecule has 4 aromatic rings. The molecule has 1 aliphatic heterocycles. The van der Waals surface area contributed by atoms with Gasteiger partial charge in [-0.05, 0) is 60.1 Å². The van der Waals surface area contributed by atoms with Crippen LogP contribution in [0, 0.1) is 0 Å². The van der Waals surface area contributed by atoms with Gasteiger partial charge in [0.1, 0.15) is 5.75 Å². The first-order chi connectivity index (χ1) is 20.4. The van der Waals surface area contributed by atoms with Crippen LogP contribution in [0.1, 0.15) is 57.5 Å². The fraction of sp³-hybridized carbons (Fsp3) is 0.265. The highest BCUT2D eigenvalue weighted by Gasteiger charge is 2.33. The predicted octanol–water partition coefficient (Wildman–Crippen LogP) is 5.35. The van der Waals surface area contributed by atoms with Gasteiger partial charge in [0.25, 0.3) is 5.91 Å². The van der Waals surface area contributed by atoms with Crippen molar-refractivity contribution < 1.29 is 29.6 Å². The topological polar surface area (TPSA) is 111 Å². The van der Waals surface area contributed by atoms with E-state index >= 15 is 0 Å². The van der Waals surface area contributed by atoms with E-state index in [4.69, 9.17) is 9.47 Å². The zero-order valence-corrected chi connectivity index (χ0v) is 23.5. The number of likely N-dealkylation sites (N-methyl/N-ethyl adjacent to an activating group) is 1. The first-order valence-electron chi connectivity index (χ1n) is 14.0. The molecule has 0 bridgehead atoms. The molecule has 0 aliphatic carbocycles. The summed E-state index contributed by atoms with van der Waals surface area (Å²) in [7, 11) is 1.93. The number of carbonyl (C=O) groups excluding carboxylic acids is 1. The van der Waals surface area contributed by atoms with Crippen molar-refractivity contribution >= 4 is 11.6 Å². The summed E-state index contributed by atoms with van der Waals surface area (Å²) in [5.74, 6) is -0.0681. The van der Waals surface area contributed by atoms with Crippen LogP contribution in [0.15, 0.2) is 103 Å². The predicted molar refractivity (Wildman–Crippen MR) is 160 cm³/mol. The third-order valence-corrected chi connectivity index (χ3v) is 7.35. The normalized spacial score (nSPS) is 19.4. The lowest BCUT2D eigenvalue weighted by molar-refractivity contribution is -0.252. The first kappa shape index (κ1) is 29.4. The molecular weight excluding hydrogens is 532 g/mol. The van der Waals surface area contributed by atoms with Crippen LogP contribution >= 0.6 is 0 Å². The number of hydrogen-bond donors (Lipinski definition) is 4. The highest BCUT2D eigenvalue weighted by Crippen LogP contribution is 2.38. The molecular formula is C34H36N2O6. The Hall–Kier alpha value is -4.05. The summed E-state index contributed by atoms with van der Waals surface area (Å²) in [6.07, 6.45) is -1.26. The number of nitrogens with zero attached hydrogens (tertiary/aromatic N) is 1. The fourth-order valence-corrected chi connectivity index (χ4v) is 5.10. The molecule has 5 rings (SSSR count). The van der Waals surface area contributed by atoms with E-state index in [9.17, 15) is 20.1 Å². The highest BCUT2D eigenvalue weighted by molar-refractivity contribution is 6.04. The van der Waals surface area contributed by atoms with Crippen LogP contribution in [0.3, 0.4) is 0 Å². The molecule has 8 heteroatoms. The molecule has 1 heterocycles. The second-order valence-corrected chi connectivity index (χ2v) is 10.6. The minimum Gasteiger partial charge on any atom is -0.508 e. The number of phenols is 1. The SMILES string of the molecule is CN(C[C@H]1C[C@@H](c2ccc(CO)cc2)O[C@@H](c2ccc(NC(=O)c3ccccc3)cc2)O1)C[C@@H](O)c1cccc(O)c1. The Bertz CT molecular complexity index is 1450. The number of hydrogen-bond acceptors (Lipinski definition) is 7. The van der Waals surface area contributed by atoms with Crippen LogP contribution < -0.4 is 5.32 Å². The van der Waals surface area contributed by atoms with E-state index in [2.05, 4.69) is 5.32 Å². The van der Waals surface area contributed by atoms with E-state index in [0.717, 1.165) is 16.7 Å². The van der Waals surface area contributed by atoms with Gasteiger partial charge in [0.2, 0.25) is 0 Å². The number of aromatic hydroxyl groups is 1. The zero-order chi connectivity index (χ0) is 29.5. The van der Waals surface area contributed by atoms with Crippen LogP contribution in [0.2, 0.25) is 0 Å². The molecule has 1 aliphatic rings. The molecule has 8 nitrogen and oxygen atoms in total. The average Bonchev–Trinajstić information content (AvgIpc) is 3.01. The van der Waals surface area contributed by atoms with Crippen molar-refractivity contribution in [2.45, 2.75) is 37.6 Å². The Morgan fingerprint density at radius 2 is 1.64 bits per heavy atom. The molecule has 42 heavy (non-hydrogen) atoms. The molecule has 0 spiro atoms. The standard InChI is InChI=1S/C34H36N2O6/c1-36(21-31(39)27-8-5-9-29(38)18-27)20-30-19-32(24-12-10-23(22-37)11-13-24)42-34(41-30)26-14-16-28(17-15-26)35-33(40)25-6-3-2-4-7-25/h2-18,30-32,34,37-39H,19-22H2,1H3,(H,35,40)/t30-,31-,32+,34+/m1/s1. The van der Waals surface area contributed by atoms with E-state index in [1.165, 1.54) is 0 Å². The summed E-state index contributed by atoms with van der Waals surface area (Å²) < 4.78 is 12.9. The summed E-state index contributed by atoms with van der Waals surface area (Å²) in [4.78, 5) is 14.6. The smallest absolute Gasteiger partial charge is 0.255 e. The quantitative estimate of drug-likeness (QED) is 0.204. The zero-order valence-electron chi connectivity index (χ0n) is 23.5. The molecule has 218 valence electrons. The van der Waals surface area contributed by atoms with Crippen LogP contribution in [-0.4, -0.2) is 52.4 Å². The van der Waals surface area contributed by atoms with Crippen LogP contribution in [0.25, 0.3) is 0 Å². The van der Waals surface area contributed by atoms with Crippen molar-refractivity contribution in [3.05, 3.63) is 131 Å². The Labute approximate surface area is 245 Å². The monoisotopic (exact) mass is 568 g/mol. The lowest BCUT2D eigenvalue weighted by Gasteiger charge is -2.38. The molecule has 4 aromatic carbocycles. The van der Waals surface area contributed by atoms with E-state index in [-0.39, 0.29) is 30.5 Å². The molecule has 0 unspecified atom stereocenters. The second kappa shape index (κ2) is 13.7. The molecule has 1 saturated heterocycles. The van der Waals surface area contributed by atoms with Gasteiger partial charge in [-0.15, -0.1) is 0 Å². The maximum Gasteiger partial charge on any atom is 0.255 e. The molecule has 0 saturated carbocycles. The third-order valence-electron chi connectivity index (χ3n) is 7.35. The van der Waals surface area contributed by atoms with Gasteiger partial charge < -0.3 is 35.0 Å². The summed E-state index contributed by atoms with van der Waals surface area (Å²) in [6.45, 7) is 0.881. The summed E-state index contributed by atoms with van der Waals surface area (Å²) >= 11 is 0. The Balaban J connectivity index is 1.29. The number of aliphatic hydroxyl groups excluding tert-OH is 2. The van der Waals surface area contributed by atoms with Crippen molar-refractivity contribution in [2.24, 2.45) is 0 Å². The third kappa shape index (κ3) is 7.61. The Morgan fingerprint density at radius 1 is 0.929 bits per heavy atom. The fourth-order valence-electron chi connectivity index (χ4n) is 5.10. The number of anilines is 1. The first-order valence-corrected chi connectivity index (χ1v) is 14.0.